The van der Waals surface area contributed by atoms with Crippen LogP contribution in [-0.2, 0) is 30.6 Å². The summed E-state index contributed by atoms with van der Waals surface area (Å²) >= 11 is 0. The van der Waals surface area contributed by atoms with Crippen molar-refractivity contribution < 1.29 is 18.7 Å². The fourth-order valence-corrected chi connectivity index (χ4v) is 10.3. The van der Waals surface area contributed by atoms with Crippen LogP contribution in [0.1, 0.15) is 279 Å². The Kier molecular flexibility index (Phi) is 29.5. The fourth-order valence-electron chi connectivity index (χ4n) is 8.16. The van der Waals surface area contributed by atoms with Crippen LogP contribution in [0.5, 0.6) is 5.75 Å². The molecular weight excluding hydrogens is 708 g/mol. The molecule has 0 spiro atoms. The van der Waals surface area contributed by atoms with Crippen LogP contribution >= 0.6 is 7.60 Å². The highest BCUT2D eigenvalue weighted by Gasteiger charge is 2.33. The molecule has 0 aliphatic rings. The Balaban J connectivity index is 2.67. The summed E-state index contributed by atoms with van der Waals surface area (Å²) in [5.74, 6) is 0.350. The van der Waals surface area contributed by atoms with E-state index in [0.717, 1.165) is 42.4 Å². The first-order chi connectivity index (χ1) is 26.6. The average molecular weight is 805 g/mol. The number of rotatable bonds is 36. The van der Waals surface area contributed by atoms with E-state index in [0.29, 0.717) is 5.75 Å². The maximum Gasteiger partial charge on any atom is 0.335 e. The summed E-state index contributed by atoms with van der Waals surface area (Å²) in [5.41, 5.74) is 2.19. The van der Waals surface area contributed by atoms with Gasteiger partial charge in [-0.25, -0.2) is 0 Å². The van der Waals surface area contributed by atoms with Gasteiger partial charge in [-0.15, -0.1) is 0 Å². The Morgan fingerprint density at radius 3 is 0.982 bits per heavy atom. The first-order valence-corrected chi connectivity index (χ1v) is 26.2. The monoisotopic (exact) mass is 805 g/mol. The van der Waals surface area contributed by atoms with Gasteiger partial charge in [-0.3, -0.25) is 4.57 Å². The van der Waals surface area contributed by atoms with Crippen LogP contribution < -0.4 is 0 Å². The van der Waals surface area contributed by atoms with Crippen molar-refractivity contribution in [1.82, 2.24) is 0 Å². The lowest BCUT2D eigenvalue weighted by molar-refractivity contribution is 0.116. The minimum absolute atomic E-state index is 0.132. The van der Waals surface area contributed by atoms with Gasteiger partial charge < -0.3 is 14.2 Å². The van der Waals surface area contributed by atoms with Crippen molar-refractivity contribution in [3.05, 3.63) is 28.8 Å². The summed E-state index contributed by atoms with van der Waals surface area (Å²) in [4.78, 5) is 0. The quantitative estimate of drug-likeness (QED) is 0.0542. The lowest BCUT2D eigenvalue weighted by Crippen LogP contribution is -2.18. The van der Waals surface area contributed by atoms with E-state index in [-0.39, 0.29) is 29.2 Å². The average Bonchev–Trinajstić information content (AvgIpc) is 3.11. The molecule has 0 aliphatic heterocycles. The van der Waals surface area contributed by atoms with Gasteiger partial charge in [0.2, 0.25) is 0 Å². The molecule has 1 aromatic rings. The number of hydrogen-bond donors (Lipinski definition) is 1. The number of phenolic OH excluding ortho intramolecular Hbond substituents is 1. The second-order valence-corrected chi connectivity index (χ2v) is 21.9. The summed E-state index contributed by atoms with van der Waals surface area (Å²) < 4.78 is 27.8. The molecule has 1 N–H and O–H groups in total. The maximum absolute atomic E-state index is 14.8. The minimum atomic E-state index is -3.47. The summed E-state index contributed by atoms with van der Waals surface area (Å²) in [6.45, 7) is 21.5. The van der Waals surface area contributed by atoms with Crippen molar-refractivity contribution in [1.29, 1.82) is 0 Å². The topological polar surface area (TPSA) is 55.8 Å². The number of hydrogen-bond acceptors (Lipinski definition) is 4. The van der Waals surface area contributed by atoms with Crippen LogP contribution in [0.15, 0.2) is 12.1 Å². The zero-order valence-corrected chi connectivity index (χ0v) is 40.2. The van der Waals surface area contributed by atoms with Gasteiger partial charge in [0.25, 0.3) is 0 Å². The Morgan fingerprint density at radius 2 is 0.732 bits per heavy atom. The van der Waals surface area contributed by atoms with E-state index in [9.17, 15) is 9.67 Å². The van der Waals surface area contributed by atoms with E-state index < -0.39 is 7.60 Å². The molecule has 2 unspecified atom stereocenters. The number of phenols is 1. The molecule has 0 amide bonds. The van der Waals surface area contributed by atoms with Gasteiger partial charge in [-0.05, 0) is 54.2 Å². The molecule has 0 bridgehead atoms. The number of unbranched alkanes of at least 4 members (excludes halogenated alkanes) is 26. The van der Waals surface area contributed by atoms with Gasteiger partial charge >= 0.3 is 7.60 Å². The van der Waals surface area contributed by atoms with Crippen LogP contribution in [0.25, 0.3) is 0 Å². The van der Waals surface area contributed by atoms with Crippen LogP contribution in [0.4, 0.5) is 0 Å². The summed E-state index contributed by atoms with van der Waals surface area (Å²) in [6, 6.07) is 4.08. The van der Waals surface area contributed by atoms with Gasteiger partial charge in [-0.1, -0.05) is 247 Å². The molecule has 0 saturated heterocycles. The standard InChI is InChI=1S/C51H97O4P/c1-11-13-15-17-19-21-23-25-27-29-31-33-35-37-39-44(3)54-56(53,43-46-41-47(50(5,6)7)49(52)48(42-46)51(8,9)10)55-45(4)40-38-36-34-32-30-28-26-24-22-20-18-16-14-12-2/h41-42,44-45,52H,11-40,43H2,1-10H3. The van der Waals surface area contributed by atoms with Crippen molar-refractivity contribution in [3.63, 3.8) is 0 Å². The molecule has 56 heavy (non-hydrogen) atoms. The molecule has 5 heteroatoms. The maximum atomic E-state index is 14.8. The van der Waals surface area contributed by atoms with Crippen molar-refractivity contribution in [2.24, 2.45) is 0 Å². The van der Waals surface area contributed by atoms with Crippen molar-refractivity contribution in [2.45, 2.75) is 291 Å². The molecule has 1 aromatic carbocycles. The molecule has 330 valence electrons. The van der Waals surface area contributed by atoms with E-state index in [1.807, 2.05) is 12.1 Å². The largest absolute Gasteiger partial charge is 0.507 e. The molecule has 0 fully saturated rings. The Labute approximate surface area is 350 Å². The third-order valence-corrected chi connectivity index (χ3v) is 13.9. The van der Waals surface area contributed by atoms with E-state index in [2.05, 4.69) is 69.2 Å². The normalized spacial score (nSPS) is 14.6. The molecular formula is C51H97O4P. The van der Waals surface area contributed by atoms with E-state index >= 15 is 0 Å². The third kappa shape index (κ3) is 26.3. The highest BCUT2D eigenvalue weighted by atomic mass is 31.2. The lowest BCUT2D eigenvalue weighted by Gasteiger charge is -2.30. The van der Waals surface area contributed by atoms with Crippen molar-refractivity contribution >= 4 is 7.60 Å². The van der Waals surface area contributed by atoms with E-state index in [1.165, 1.54) is 167 Å². The third-order valence-electron chi connectivity index (χ3n) is 11.8. The molecule has 0 saturated carbocycles. The smallest absolute Gasteiger partial charge is 0.335 e. The Hall–Kier alpha value is -0.830. The molecule has 0 radical (unpaired) electrons. The van der Waals surface area contributed by atoms with Gasteiger partial charge in [-0.2, -0.15) is 0 Å². The van der Waals surface area contributed by atoms with Gasteiger partial charge in [0.05, 0.1) is 18.4 Å². The van der Waals surface area contributed by atoms with Crippen molar-refractivity contribution in [2.75, 3.05) is 0 Å². The van der Waals surface area contributed by atoms with Gasteiger partial charge in [0.1, 0.15) is 5.75 Å². The second kappa shape index (κ2) is 31.1. The lowest BCUT2D eigenvalue weighted by atomic mass is 9.78. The van der Waals surface area contributed by atoms with Crippen LogP contribution in [0, 0.1) is 0 Å². The number of aromatic hydroxyl groups is 1. The summed E-state index contributed by atoms with van der Waals surface area (Å²) in [6.07, 6.45) is 39.3. The van der Waals surface area contributed by atoms with E-state index in [4.69, 9.17) is 9.05 Å². The zero-order chi connectivity index (χ0) is 41.7. The van der Waals surface area contributed by atoms with Crippen LogP contribution in [0.2, 0.25) is 0 Å². The minimum Gasteiger partial charge on any atom is -0.507 e. The van der Waals surface area contributed by atoms with Crippen molar-refractivity contribution in [3.8, 4) is 5.75 Å². The molecule has 0 aromatic heterocycles. The molecule has 0 aliphatic carbocycles. The first-order valence-electron chi connectivity index (χ1n) is 24.5. The van der Waals surface area contributed by atoms with Crippen LogP contribution in [-0.4, -0.2) is 17.3 Å². The van der Waals surface area contributed by atoms with Gasteiger partial charge in [0, 0.05) is 0 Å². The van der Waals surface area contributed by atoms with Crippen LogP contribution in [0.3, 0.4) is 0 Å². The zero-order valence-electron chi connectivity index (χ0n) is 39.3. The highest BCUT2D eigenvalue weighted by molar-refractivity contribution is 7.53. The number of benzene rings is 1. The predicted molar refractivity (Wildman–Crippen MR) is 248 cm³/mol. The first kappa shape index (κ1) is 53.2. The predicted octanol–water partition coefficient (Wildman–Crippen LogP) is 18.2. The molecule has 2 atom stereocenters. The Bertz CT molecular complexity index is 1050. The highest BCUT2D eigenvalue weighted by Crippen LogP contribution is 2.55. The molecule has 0 heterocycles. The molecule has 1 rings (SSSR count). The SMILES string of the molecule is CCCCCCCCCCCCCCCCC(C)OP(=O)(Cc1cc(C(C)(C)C)c(O)c(C(C)(C)C)c1)OC(C)CCCCCCCCCCCCCCCC. The summed E-state index contributed by atoms with van der Waals surface area (Å²) in [5, 5.41) is 11.4. The second-order valence-electron chi connectivity index (χ2n) is 19.9. The van der Waals surface area contributed by atoms with Gasteiger partial charge in [0.15, 0.2) is 0 Å². The van der Waals surface area contributed by atoms with E-state index in [1.54, 1.807) is 0 Å². The summed E-state index contributed by atoms with van der Waals surface area (Å²) in [7, 11) is -3.47. The fraction of sp³-hybridized carbons (Fsp3) is 0.882. The molecule has 4 nitrogen and oxygen atoms in total. The Morgan fingerprint density at radius 1 is 0.482 bits per heavy atom.